The van der Waals surface area contributed by atoms with Crippen LogP contribution in [0.25, 0.3) is 0 Å². The first-order valence-corrected chi connectivity index (χ1v) is 14.2. The lowest BCUT2D eigenvalue weighted by atomic mass is 10.1. The molecule has 0 aliphatic rings. The number of anilines is 1. The summed E-state index contributed by atoms with van der Waals surface area (Å²) in [5, 5.41) is 2.96. The first-order chi connectivity index (χ1) is 16.6. The standard InChI is InChI=1S/C28H41N3O4S/c1-20-11-9-12-24(17-20)19-30(23(4)27(33)29-28(5,6)7)26(32)13-10-16-31(36(8,34)35)25-18-21(2)14-15-22(25)3/h9,11-12,14-15,17-18,23H,10,13,16,19H2,1-8H3,(H,29,33)/t23-/m0/s1. The highest BCUT2D eigenvalue weighted by molar-refractivity contribution is 7.92. The van der Waals surface area contributed by atoms with Gasteiger partial charge >= 0.3 is 0 Å². The first-order valence-electron chi connectivity index (χ1n) is 12.3. The fourth-order valence-electron chi connectivity index (χ4n) is 4.03. The van der Waals surface area contributed by atoms with Crippen LogP contribution in [0.1, 0.15) is 62.8 Å². The SMILES string of the molecule is Cc1cccc(CN(C(=O)CCCN(c2cc(C)ccc2C)S(C)(=O)=O)[C@@H](C)C(=O)NC(C)(C)C)c1. The predicted octanol–water partition coefficient (Wildman–Crippen LogP) is 4.49. The molecule has 0 heterocycles. The van der Waals surface area contributed by atoms with Crippen molar-refractivity contribution in [2.75, 3.05) is 17.1 Å². The van der Waals surface area contributed by atoms with Crippen molar-refractivity contribution in [1.82, 2.24) is 10.2 Å². The topological polar surface area (TPSA) is 86.8 Å². The lowest BCUT2D eigenvalue weighted by Crippen LogP contribution is -2.52. The van der Waals surface area contributed by atoms with Gasteiger partial charge in [0, 0.05) is 25.0 Å². The first kappa shape index (κ1) is 29.4. The fraction of sp³-hybridized carbons (Fsp3) is 0.500. The number of aryl methyl sites for hydroxylation is 3. The van der Waals surface area contributed by atoms with Crippen LogP contribution in [-0.2, 0) is 26.2 Å². The van der Waals surface area contributed by atoms with Crippen molar-refractivity contribution in [1.29, 1.82) is 0 Å². The van der Waals surface area contributed by atoms with Crippen molar-refractivity contribution in [3.63, 3.8) is 0 Å². The zero-order valence-corrected chi connectivity index (χ0v) is 23.7. The molecule has 2 aromatic rings. The van der Waals surface area contributed by atoms with Crippen LogP contribution in [0.3, 0.4) is 0 Å². The normalized spacial score (nSPS) is 12.7. The number of benzene rings is 2. The molecule has 1 atom stereocenters. The molecular formula is C28H41N3O4S. The summed E-state index contributed by atoms with van der Waals surface area (Å²) in [6, 6.07) is 12.9. The Labute approximate surface area is 216 Å². The van der Waals surface area contributed by atoms with Gasteiger partial charge in [-0.05, 0) is 77.6 Å². The zero-order valence-electron chi connectivity index (χ0n) is 22.9. The minimum absolute atomic E-state index is 0.121. The van der Waals surface area contributed by atoms with E-state index in [0.29, 0.717) is 18.7 Å². The van der Waals surface area contributed by atoms with Crippen molar-refractivity contribution in [3.05, 3.63) is 64.7 Å². The van der Waals surface area contributed by atoms with Gasteiger partial charge in [-0.15, -0.1) is 0 Å². The Morgan fingerprint density at radius 2 is 1.64 bits per heavy atom. The molecule has 2 amide bonds. The Kier molecular flexibility index (Phi) is 9.71. The maximum Gasteiger partial charge on any atom is 0.242 e. The lowest BCUT2D eigenvalue weighted by Gasteiger charge is -2.32. The lowest BCUT2D eigenvalue weighted by molar-refractivity contribution is -0.141. The van der Waals surface area contributed by atoms with Crippen LogP contribution in [-0.4, -0.2) is 49.5 Å². The molecule has 2 rings (SSSR count). The molecule has 36 heavy (non-hydrogen) atoms. The molecular weight excluding hydrogens is 474 g/mol. The molecule has 0 bridgehead atoms. The van der Waals surface area contributed by atoms with E-state index in [-0.39, 0.29) is 24.8 Å². The van der Waals surface area contributed by atoms with Gasteiger partial charge in [0.2, 0.25) is 21.8 Å². The van der Waals surface area contributed by atoms with E-state index in [9.17, 15) is 18.0 Å². The average Bonchev–Trinajstić information content (AvgIpc) is 2.74. The maximum atomic E-state index is 13.4. The van der Waals surface area contributed by atoms with Gasteiger partial charge in [-0.25, -0.2) is 8.42 Å². The Bertz CT molecular complexity index is 1190. The minimum atomic E-state index is -3.53. The zero-order chi connectivity index (χ0) is 27.3. The van der Waals surface area contributed by atoms with E-state index in [1.165, 1.54) is 10.6 Å². The van der Waals surface area contributed by atoms with Crippen LogP contribution in [0.4, 0.5) is 5.69 Å². The second-order valence-electron chi connectivity index (χ2n) is 10.7. The third-order valence-electron chi connectivity index (χ3n) is 5.89. The van der Waals surface area contributed by atoms with Crippen LogP contribution >= 0.6 is 0 Å². The van der Waals surface area contributed by atoms with Gasteiger partial charge in [-0.1, -0.05) is 42.0 Å². The number of carbonyl (C=O) groups excluding carboxylic acids is 2. The third-order valence-corrected chi connectivity index (χ3v) is 7.07. The second-order valence-corrected chi connectivity index (χ2v) is 12.6. The van der Waals surface area contributed by atoms with Crippen molar-refractivity contribution in [2.45, 2.75) is 79.4 Å². The van der Waals surface area contributed by atoms with Gasteiger partial charge in [-0.2, -0.15) is 0 Å². The summed E-state index contributed by atoms with van der Waals surface area (Å²) in [6.45, 7) is 13.7. The number of sulfonamides is 1. The number of hydrogen-bond donors (Lipinski definition) is 1. The van der Waals surface area contributed by atoms with Crippen molar-refractivity contribution < 1.29 is 18.0 Å². The van der Waals surface area contributed by atoms with Crippen molar-refractivity contribution in [3.8, 4) is 0 Å². The molecule has 8 heteroatoms. The number of rotatable bonds is 10. The summed E-state index contributed by atoms with van der Waals surface area (Å²) in [6.07, 6.45) is 1.63. The smallest absolute Gasteiger partial charge is 0.242 e. The fourth-order valence-corrected chi connectivity index (χ4v) is 5.05. The summed E-state index contributed by atoms with van der Waals surface area (Å²) in [5.41, 5.74) is 4.02. The maximum absolute atomic E-state index is 13.4. The van der Waals surface area contributed by atoms with E-state index in [0.717, 1.165) is 22.3 Å². The van der Waals surface area contributed by atoms with Crippen LogP contribution in [0.2, 0.25) is 0 Å². The summed E-state index contributed by atoms with van der Waals surface area (Å²) in [4.78, 5) is 27.9. The number of nitrogens with zero attached hydrogens (tertiary/aromatic N) is 2. The molecule has 0 radical (unpaired) electrons. The summed E-state index contributed by atoms with van der Waals surface area (Å²) >= 11 is 0. The predicted molar refractivity (Wildman–Crippen MR) is 146 cm³/mol. The highest BCUT2D eigenvalue weighted by atomic mass is 32.2. The summed E-state index contributed by atoms with van der Waals surface area (Å²) in [7, 11) is -3.53. The van der Waals surface area contributed by atoms with E-state index < -0.39 is 21.6 Å². The molecule has 2 aromatic carbocycles. The van der Waals surface area contributed by atoms with Crippen LogP contribution in [0, 0.1) is 20.8 Å². The van der Waals surface area contributed by atoms with E-state index in [4.69, 9.17) is 0 Å². The number of carbonyl (C=O) groups is 2. The molecule has 0 aliphatic heterocycles. The number of hydrogen-bond acceptors (Lipinski definition) is 4. The third kappa shape index (κ3) is 8.66. The van der Waals surface area contributed by atoms with E-state index >= 15 is 0 Å². The van der Waals surface area contributed by atoms with Gasteiger partial charge in [0.25, 0.3) is 0 Å². The molecule has 0 aliphatic carbocycles. The van der Waals surface area contributed by atoms with Gasteiger partial charge in [0.05, 0.1) is 11.9 Å². The molecule has 0 fully saturated rings. The highest BCUT2D eigenvalue weighted by Gasteiger charge is 2.28. The molecule has 0 saturated carbocycles. The molecule has 0 unspecified atom stereocenters. The van der Waals surface area contributed by atoms with Crippen molar-refractivity contribution >= 4 is 27.5 Å². The number of amides is 2. The van der Waals surface area contributed by atoms with Crippen LogP contribution < -0.4 is 9.62 Å². The van der Waals surface area contributed by atoms with Crippen LogP contribution in [0.5, 0.6) is 0 Å². The highest BCUT2D eigenvalue weighted by Crippen LogP contribution is 2.25. The van der Waals surface area contributed by atoms with Gasteiger partial charge in [-0.3, -0.25) is 13.9 Å². The van der Waals surface area contributed by atoms with Gasteiger partial charge < -0.3 is 10.2 Å². The molecule has 1 N–H and O–H groups in total. The van der Waals surface area contributed by atoms with E-state index in [2.05, 4.69) is 5.32 Å². The Hall–Kier alpha value is -2.87. The van der Waals surface area contributed by atoms with Crippen molar-refractivity contribution in [2.24, 2.45) is 0 Å². The number of nitrogens with one attached hydrogen (secondary N) is 1. The Morgan fingerprint density at radius 3 is 2.22 bits per heavy atom. The van der Waals surface area contributed by atoms with Gasteiger partial charge in [0.1, 0.15) is 6.04 Å². The quantitative estimate of drug-likeness (QED) is 0.505. The monoisotopic (exact) mass is 515 g/mol. The summed E-state index contributed by atoms with van der Waals surface area (Å²) in [5.74, 6) is -0.417. The second kappa shape index (κ2) is 11.9. The van der Waals surface area contributed by atoms with Gasteiger partial charge in [0.15, 0.2) is 0 Å². The van der Waals surface area contributed by atoms with Crippen LogP contribution in [0.15, 0.2) is 42.5 Å². The Balaban J connectivity index is 2.23. The van der Waals surface area contributed by atoms with E-state index in [1.54, 1.807) is 11.8 Å². The molecule has 0 saturated heterocycles. The Morgan fingerprint density at radius 1 is 1.00 bits per heavy atom. The average molecular weight is 516 g/mol. The minimum Gasteiger partial charge on any atom is -0.350 e. The van der Waals surface area contributed by atoms with E-state index in [1.807, 2.05) is 84.0 Å². The molecule has 7 nitrogen and oxygen atoms in total. The largest absolute Gasteiger partial charge is 0.350 e. The molecule has 198 valence electrons. The molecule has 0 spiro atoms. The molecule has 0 aromatic heterocycles. The summed E-state index contributed by atoms with van der Waals surface area (Å²) < 4.78 is 26.5.